The minimum Gasteiger partial charge on any atom is -0.508 e. The van der Waals surface area contributed by atoms with Gasteiger partial charge in [-0.15, -0.1) is 0 Å². The van der Waals surface area contributed by atoms with Gasteiger partial charge in [-0.2, -0.15) is 0 Å². The van der Waals surface area contributed by atoms with E-state index in [4.69, 9.17) is 11.6 Å². The van der Waals surface area contributed by atoms with Crippen LogP contribution in [0, 0.1) is 0 Å². The van der Waals surface area contributed by atoms with E-state index in [1.54, 1.807) is 18.2 Å². The van der Waals surface area contributed by atoms with Crippen molar-refractivity contribution in [3.63, 3.8) is 0 Å². The lowest BCUT2D eigenvalue weighted by atomic mass is 9.95. The average Bonchev–Trinajstić information content (AvgIpc) is 2.61. The molecule has 0 heterocycles. The number of phenolic OH excluding ortho intramolecular Hbond substituents is 1. The molecule has 0 spiro atoms. The zero-order chi connectivity index (χ0) is 16.9. The smallest absolute Gasteiger partial charge is 0.193 e. The molecule has 0 saturated carbocycles. The highest BCUT2D eigenvalue weighted by molar-refractivity contribution is 6.33. The molecule has 3 aromatic carbocycles. The minimum atomic E-state index is -0.110. The largest absolute Gasteiger partial charge is 0.508 e. The van der Waals surface area contributed by atoms with Crippen LogP contribution in [0.2, 0.25) is 5.02 Å². The fourth-order valence-electron chi connectivity index (χ4n) is 2.43. The van der Waals surface area contributed by atoms with E-state index in [-0.39, 0.29) is 11.5 Å². The highest BCUT2D eigenvalue weighted by Crippen LogP contribution is 2.24. The van der Waals surface area contributed by atoms with Crippen LogP contribution in [-0.4, -0.2) is 10.9 Å². The molecule has 0 aromatic heterocycles. The van der Waals surface area contributed by atoms with Crippen molar-refractivity contribution < 1.29 is 9.90 Å². The lowest BCUT2D eigenvalue weighted by molar-refractivity contribution is 0.105. The highest BCUT2D eigenvalue weighted by atomic mass is 35.5. The molecular weight excluding hydrogens is 320 g/mol. The van der Waals surface area contributed by atoms with E-state index < -0.39 is 0 Å². The van der Waals surface area contributed by atoms with E-state index in [1.807, 2.05) is 54.6 Å². The maximum atomic E-state index is 13.0. The van der Waals surface area contributed by atoms with E-state index in [9.17, 15) is 9.90 Å². The fraction of sp³-hybridized carbons (Fsp3) is 0. The molecule has 0 bridgehead atoms. The van der Waals surface area contributed by atoms with Crippen molar-refractivity contribution >= 4 is 29.0 Å². The predicted molar refractivity (Wildman–Crippen MR) is 98.2 cm³/mol. The average molecular weight is 335 g/mol. The first-order chi connectivity index (χ1) is 11.6. The third kappa shape index (κ3) is 3.73. The van der Waals surface area contributed by atoms with E-state index in [1.165, 1.54) is 12.1 Å². The summed E-state index contributed by atoms with van der Waals surface area (Å²) in [6, 6.07) is 23.1. The van der Waals surface area contributed by atoms with Crippen LogP contribution in [0.1, 0.15) is 21.5 Å². The summed E-state index contributed by atoms with van der Waals surface area (Å²) in [5, 5.41) is 10.0. The molecule has 0 aliphatic carbocycles. The first kappa shape index (κ1) is 16.0. The van der Waals surface area contributed by atoms with Crippen molar-refractivity contribution in [2.75, 3.05) is 0 Å². The topological polar surface area (TPSA) is 37.3 Å². The molecule has 2 nitrogen and oxygen atoms in total. The van der Waals surface area contributed by atoms with Crippen LogP contribution in [0.25, 0.3) is 11.6 Å². The number of phenols is 1. The predicted octanol–water partition coefficient (Wildman–Crippen LogP) is 5.47. The van der Waals surface area contributed by atoms with Crippen LogP contribution in [0.15, 0.2) is 78.9 Å². The summed E-state index contributed by atoms with van der Waals surface area (Å²) < 4.78 is 0. The number of carbonyl (C=O) groups is 1. The molecule has 0 unspecified atom stereocenters. The molecule has 0 saturated heterocycles. The number of hydrogen-bond donors (Lipinski definition) is 1. The van der Waals surface area contributed by atoms with Crippen LogP contribution in [0.4, 0.5) is 0 Å². The van der Waals surface area contributed by atoms with Gasteiger partial charge in [0.05, 0.1) is 0 Å². The number of aromatic hydroxyl groups is 1. The van der Waals surface area contributed by atoms with Gasteiger partial charge in [-0.05, 0) is 53.6 Å². The van der Waals surface area contributed by atoms with Crippen molar-refractivity contribution in [2.24, 2.45) is 0 Å². The summed E-state index contributed by atoms with van der Waals surface area (Å²) in [6.45, 7) is 0. The molecule has 1 N–H and O–H groups in total. The van der Waals surface area contributed by atoms with Gasteiger partial charge in [-0.3, -0.25) is 4.79 Å². The summed E-state index contributed by atoms with van der Waals surface area (Å²) in [6.07, 6.45) is 1.83. The van der Waals surface area contributed by atoms with Gasteiger partial charge >= 0.3 is 0 Å². The molecule has 0 aliphatic rings. The molecule has 0 amide bonds. The van der Waals surface area contributed by atoms with E-state index in [0.717, 1.165) is 11.1 Å². The summed E-state index contributed by atoms with van der Waals surface area (Å²) >= 11 is 6.05. The van der Waals surface area contributed by atoms with E-state index in [0.29, 0.717) is 16.2 Å². The van der Waals surface area contributed by atoms with Gasteiger partial charge in [0.2, 0.25) is 0 Å². The standard InChI is InChI=1S/C21H15ClO2/c22-18-8-4-5-15(13-18)14-20(16-6-2-1-3-7-16)21(24)17-9-11-19(23)12-10-17/h1-14,23H/b20-14-. The molecule has 3 heteroatoms. The normalized spacial score (nSPS) is 11.3. The van der Waals surface area contributed by atoms with Gasteiger partial charge in [0, 0.05) is 16.2 Å². The van der Waals surface area contributed by atoms with Crippen LogP contribution >= 0.6 is 11.6 Å². The van der Waals surface area contributed by atoms with Gasteiger partial charge in [-0.25, -0.2) is 0 Å². The minimum absolute atomic E-state index is 0.110. The van der Waals surface area contributed by atoms with Gasteiger partial charge < -0.3 is 5.11 Å². The second-order valence-electron chi connectivity index (χ2n) is 5.36. The molecule has 3 rings (SSSR count). The lowest BCUT2D eigenvalue weighted by Crippen LogP contribution is -2.02. The Morgan fingerprint density at radius 3 is 2.21 bits per heavy atom. The monoisotopic (exact) mass is 334 g/mol. The Labute approximate surface area is 145 Å². The number of hydrogen-bond acceptors (Lipinski definition) is 2. The van der Waals surface area contributed by atoms with Gasteiger partial charge in [0.25, 0.3) is 0 Å². The molecule has 3 aromatic rings. The zero-order valence-electron chi connectivity index (χ0n) is 12.8. The summed E-state index contributed by atoms with van der Waals surface area (Å²) in [7, 11) is 0. The first-order valence-corrected chi connectivity index (χ1v) is 7.88. The van der Waals surface area contributed by atoms with Crippen LogP contribution in [-0.2, 0) is 0 Å². The number of carbonyl (C=O) groups excluding carboxylic acids is 1. The number of ketones is 1. The second-order valence-corrected chi connectivity index (χ2v) is 5.79. The van der Waals surface area contributed by atoms with Crippen LogP contribution < -0.4 is 0 Å². The Morgan fingerprint density at radius 1 is 0.833 bits per heavy atom. The quantitative estimate of drug-likeness (QED) is 0.390. The second kappa shape index (κ2) is 7.16. The van der Waals surface area contributed by atoms with Crippen LogP contribution in [0.5, 0.6) is 5.75 Å². The van der Waals surface area contributed by atoms with Gasteiger partial charge in [-0.1, -0.05) is 54.1 Å². The molecule has 24 heavy (non-hydrogen) atoms. The summed E-state index contributed by atoms with van der Waals surface area (Å²) in [4.78, 5) is 13.0. The number of halogens is 1. The van der Waals surface area contributed by atoms with E-state index >= 15 is 0 Å². The SMILES string of the molecule is O=C(/C(=C\c1cccc(Cl)c1)c1ccccc1)c1ccc(O)cc1. The van der Waals surface area contributed by atoms with E-state index in [2.05, 4.69) is 0 Å². The molecule has 0 radical (unpaired) electrons. The highest BCUT2D eigenvalue weighted by Gasteiger charge is 2.14. The Bertz CT molecular complexity index is 881. The Morgan fingerprint density at radius 2 is 1.54 bits per heavy atom. The first-order valence-electron chi connectivity index (χ1n) is 7.50. The third-order valence-corrected chi connectivity index (χ3v) is 3.85. The number of Topliss-reactive ketones (excluding diaryl/α,β-unsaturated/α-hetero) is 1. The number of allylic oxidation sites excluding steroid dienone is 1. The molecular formula is C21H15ClO2. The van der Waals surface area contributed by atoms with Crippen molar-refractivity contribution in [3.05, 3.63) is 101 Å². The Balaban J connectivity index is 2.09. The lowest BCUT2D eigenvalue weighted by Gasteiger charge is -2.08. The Kier molecular flexibility index (Phi) is 4.78. The third-order valence-electron chi connectivity index (χ3n) is 3.62. The van der Waals surface area contributed by atoms with Crippen molar-refractivity contribution in [1.82, 2.24) is 0 Å². The van der Waals surface area contributed by atoms with Crippen LogP contribution in [0.3, 0.4) is 0 Å². The van der Waals surface area contributed by atoms with Crippen molar-refractivity contribution in [1.29, 1.82) is 0 Å². The zero-order valence-corrected chi connectivity index (χ0v) is 13.6. The summed E-state index contributed by atoms with van der Waals surface area (Å²) in [5.41, 5.74) is 2.78. The number of rotatable bonds is 4. The van der Waals surface area contributed by atoms with Crippen molar-refractivity contribution in [3.8, 4) is 5.75 Å². The fourth-order valence-corrected chi connectivity index (χ4v) is 2.63. The number of benzene rings is 3. The van der Waals surface area contributed by atoms with Crippen molar-refractivity contribution in [2.45, 2.75) is 0 Å². The molecule has 0 aliphatic heterocycles. The Hall–Kier alpha value is -2.84. The molecule has 0 fully saturated rings. The molecule has 0 atom stereocenters. The van der Waals surface area contributed by atoms with Gasteiger partial charge in [0.1, 0.15) is 5.75 Å². The summed E-state index contributed by atoms with van der Waals surface area (Å²) in [5.74, 6) is 0.0211. The maximum absolute atomic E-state index is 13.0. The maximum Gasteiger partial charge on any atom is 0.193 e. The molecule has 118 valence electrons. The van der Waals surface area contributed by atoms with Gasteiger partial charge in [0.15, 0.2) is 5.78 Å².